The first-order valence-corrected chi connectivity index (χ1v) is 8.40. The van der Waals surface area contributed by atoms with Gasteiger partial charge in [-0.05, 0) is 29.7 Å². The molecule has 5 heteroatoms. The highest BCUT2D eigenvalue weighted by Crippen LogP contribution is 2.33. The van der Waals surface area contributed by atoms with E-state index >= 15 is 0 Å². The van der Waals surface area contributed by atoms with E-state index in [2.05, 4.69) is 6.58 Å². The van der Waals surface area contributed by atoms with Crippen LogP contribution in [0.25, 0.3) is 10.8 Å². The van der Waals surface area contributed by atoms with Crippen LogP contribution >= 0.6 is 0 Å². The molecule has 0 unspecified atom stereocenters. The first kappa shape index (κ1) is 16.7. The number of carbonyl (C=O) groups is 3. The molecule has 3 aromatic carbocycles. The smallest absolute Gasteiger partial charge is 0.338 e. The molecule has 27 heavy (non-hydrogen) atoms. The summed E-state index contributed by atoms with van der Waals surface area (Å²) in [5.41, 5.74) is 1.21. The molecule has 2 amide bonds. The predicted molar refractivity (Wildman–Crippen MR) is 102 cm³/mol. The highest BCUT2D eigenvalue weighted by atomic mass is 16.5. The van der Waals surface area contributed by atoms with E-state index in [1.54, 1.807) is 12.1 Å². The molecule has 0 atom stereocenters. The molecular weight excluding hydrogens is 342 g/mol. The van der Waals surface area contributed by atoms with Crippen molar-refractivity contribution < 1.29 is 19.1 Å². The Morgan fingerprint density at radius 1 is 0.963 bits per heavy atom. The van der Waals surface area contributed by atoms with E-state index in [9.17, 15) is 14.4 Å². The van der Waals surface area contributed by atoms with Gasteiger partial charge in [0.2, 0.25) is 0 Å². The number of hydrogen-bond donors (Lipinski definition) is 0. The number of nitrogens with zero attached hydrogens (tertiary/aromatic N) is 1. The molecule has 0 radical (unpaired) electrons. The SMILES string of the molecule is C=CCOC(=O)c1ccc2c(c1)C(=O)N(c1cccc3ccccc13)C2=O. The maximum atomic E-state index is 13.0. The fraction of sp³-hybridized carbons (Fsp3) is 0.0455. The van der Waals surface area contributed by atoms with Crippen molar-refractivity contribution in [3.05, 3.63) is 90.0 Å². The van der Waals surface area contributed by atoms with Gasteiger partial charge < -0.3 is 4.74 Å². The summed E-state index contributed by atoms with van der Waals surface area (Å²) in [7, 11) is 0. The lowest BCUT2D eigenvalue weighted by Crippen LogP contribution is -2.29. The Bertz CT molecular complexity index is 1110. The van der Waals surface area contributed by atoms with Gasteiger partial charge in [0.15, 0.2) is 0 Å². The normalized spacial score (nSPS) is 13.0. The first-order valence-electron chi connectivity index (χ1n) is 8.40. The minimum Gasteiger partial charge on any atom is -0.458 e. The third-order valence-electron chi connectivity index (χ3n) is 4.46. The van der Waals surface area contributed by atoms with Gasteiger partial charge in [0, 0.05) is 5.39 Å². The van der Waals surface area contributed by atoms with Crippen molar-refractivity contribution in [1.29, 1.82) is 0 Å². The van der Waals surface area contributed by atoms with E-state index in [4.69, 9.17) is 4.74 Å². The van der Waals surface area contributed by atoms with Crippen LogP contribution in [0.5, 0.6) is 0 Å². The Labute approximate surface area is 155 Å². The number of carbonyl (C=O) groups excluding carboxylic acids is 3. The number of anilines is 1. The average molecular weight is 357 g/mol. The zero-order chi connectivity index (χ0) is 19.0. The second-order valence-electron chi connectivity index (χ2n) is 6.09. The van der Waals surface area contributed by atoms with E-state index in [0.717, 1.165) is 15.7 Å². The Balaban J connectivity index is 1.77. The molecule has 1 aliphatic rings. The molecule has 1 aliphatic heterocycles. The third kappa shape index (κ3) is 2.69. The molecule has 4 rings (SSSR count). The number of hydrogen-bond acceptors (Lipinski definition) is 4. The Morgan fingerprint density at radius 3 is 2.52 bits per heavy atom. The molecule has 0 bridgehead atoms. The van der Waals surface area contributed by atoms with Gasteiger partial charge in [-0.2, -0.15) is 0 Å². The molecular formula is C22H15NO4. The van der Waals surface area contributed by atoms with E-state index in [1.165, 1.54) is 24.3 Å². The standard InChI is InChI=1S/C22H15NO4/c1-2-12-27-22(26)15-10-11-17-18(13-15)21(25)23(20(17)24)19-9-5-7-14-6-3-4-8-16(14)19/h2-11,13H,1,12H2. The average Bonchev–Trinajstić information content (AvgIpc) is 2.95. The highest BCUT2D eigenvalue weighted by molar-refractivity contribution is 6.36. The molecule has 3 aromatic rings. The Morgan fingerprint density at radius 2 is 1.70 bits per heavy atom. The molecule has 0 saturated carbocycles. The zero-order valence-corrected chi connectivity index (χ0v) is 14.3. The number of benzene rings is 3. The largest absolute Gasteiger partial charge is 0.458 e. The fourth-order valence-corrected chi connectivity index (χ4v) is 3.21. The van der Waals surface area contributed by atoms with Crippen molar-refractivity contribution in [1.82, 2.24) is 0 Å². The zero-order valence-electron chi connectivity index (χ0n) is 14.3. The molecule has 0 spiro atoms. The topological polar surface area (TPSA) is 63.7 Å². The van der Waals surface area contributed by atoms with E-state index in [1.807, 2.05) is 30.3 Å². The van der Waals surface area contributed by atoms with Crippen LogP contribution in [0.3, 0.4) is 0 Å². The van der Waals surface area contributed by atoms with Gasteiger partial charge in [0.25, 0.3) is 11.8 Å². The second kappa shape index (κ2) is 6.53. The quantitative estimate of drug-likeness (QED) is 0.402. The van der Waals surface area contributed by atoms with Crippen molar-refractivity contribution in [2.75, 3.05) is 11.5 Å². The van der Waals surface area contributed by atoms with Gasteiger partial charge in [0.05, 0.1) is 22.4 Å². The lowest BCUT2D eigenvalue weighted by molar-refractivity contribution is 0.0549. The van der Waals surface area contributed by atoms with Crippen molar-refractivity contribution in [2.24, 2.45) is 0 Å². The van der Waals surface area contributed by atoms with E-state index < -0.39 is 17.8 Å². The minimum atomic E-state index is -0.568. The van der Waals surface area contributed by atoms with Crippen LogP contribution in [0.1, 0.15) is 31.1 Å². The predicted octanol–water partition coefficient (Wildman–Crippen LogP) is 3.98. The van der Waals surface area contributed by atoms with Gasteiger partial charge >= 0.3 is 5.97 Å². The lowest BCUT2D eigenvalue weighted by Gasteiger charge is -2.16. The lowest BCUT2D eigenvalue weighted by atomic mass is 10.1. The number of ether oxygens (including phenoxy) is 1. The van der Waals surface area contributed by atoms with E-state index in [0.29, 0.717) is 5.69 Å². The van der Waals surface area contributed by atoms with Crippen LogP contribution in [-0.2, 0) is 4.74 Å². The van der Waals surface area contributed by atoms with Crippen molar-refractivity contribution in [3.8, 4) is 0 Å². The molecule has 0 aliphatic carbocycles. The monoisotopic (exact) mass is 357 g/mol. The Kier molecular flexibility index (Phi) is 4.05. The highest BCUT2D eigenvalue weighted by Gasteiger charge is 2.37. The van der Waals surface area contributed by atoms with Crippen LogP contribution in [0.15, 0.2) is 73.3 Å². The number of imide groups is 1. The van der Waals surface area contributed by atoms with Crippen molar-refractivity contribution in [2.45, 2.75) is 0 Å². The molecule has 1 heterocycles. The number of rotatable bonds is 4. The molecule has 5 nitrogen and oxygen atoms in total. The van der Waals surface area contributed by atoms with Crippen LogP contribution in [0.4, 0.5) is 5.69 Å². The van der Waals surface area contributed by atoms with Gasteiger partial charge in [-0.15, -0.1) is 0 Å². The van der Waals surface area contributed by atoms with Gasteiger partial charge in [-0.3, -0.25) is 9.59 Å². The molecule has 0 N–H and O–H groups in total. The second-order valence-corrected chi connectivity index (χ2v) is 6.09. The summed E-state index contributed by atoms with van der Waals surface area (Å²) in [5.74, 6) is -1.43. The summed E-state index contributed by atoms with van der Waals surface area (Å²) < 4.78 is 5.00. The van der Waals surface area contributed by atoms with Crippen molar-refractivity contribution in [3.63, 3.8) is 0 Å². The molecule has 132 valence electrons. The van der Waals surface area contributed by atoms with Crippen molar-refractivity contribution >= 4 is 34.2 Å². The maximum Gasteiger partial charge on any atom is 0.338 e. The molecule has 0 fully saturated rings. The van der Waals surface area contributed by atoms with Gasteiger partial charge in [-0.25, -0.2) is 9.69 Å². The first-order chi connectivity index (χ1) is 13.1. The summed E-state index contributed by atoms with van der Waals surface area (Å²) in [6.45, 7) is 3.57. The van der Waals surface area contributed by atoms with Gasteiger partial charge in [0.1, 0.15) is 6.61 Å². The Hall–Kier alpha value is -3.73. The van der Waals surface area contributed by atoms with E-state index in [-0.39, 0.29) is 23.3 Å². The molecule has 0 saturated heterocycles. The fourth-order valence-electron chi connectivity index (χ4n) is 3.21. The third-order valence-corrected chi connectivity index (χ3v) is 4.46. The minimum absolute atomic E-state index is 0.0743. The maximum absolute atomic E-state index is 13.0. The van der Waals surface area contributed by atoms with Crippen LogP contribution in [0, 0.1) is 0 Å². The number of fused-ring (bicyclic) bond motifs is 2. The summed E-state index contributed by atoms with van der Waals surface area (Å²) in [6.07, 6.45) is 1.46. The van der Waals surface area contributed by atoms with Gasteiger partial charge in [-0.1, -0.05) is 49.1 Å². The van der Waals surface area contributed by atoms with Crippen LogP contribution in [0.2, 0.25) is 0 Å². The summed E-state index contributed by atoms with van der Waals surface area (Å²) in [5, 5.41) is 1.74. The van der Waals surface area contributed by atoms with Crippen LogP contribution < -0.4 is 4.90 Å². The summed E-state index contributed by atoms with van der Waals surface area (Å²) >= 11 is 0. The van der Waals surface area contributed by atoms with Crippen LogP contribution in [-0.4, -0.2) is 24.4 Å². The number of esters is 1. The number of amides is 2. The summed E-state index contributed by atoms with van der Waals surface area (Å²) in [6, 6.07) is 17.4. The molecule has 0 aromatic heterocycles. The summed E-state index contributed by atoms with van der Waals surface area (Å²) in [4.78, 5) is 39.1.